The molecule has 94 valence electrons. The fourth-order valence-electron chi connectivity index (χ4n) is 1.40. The molecule has 2 aromatic heterocycles. The van der Waals surface area contributed by atoms with Gasteiger partial charge in [0, 0.05) is 18.0 Å². The molecule has 0 unspecified atom stereocenters. The first kappa shape index (κ1) is 12.8. The lowest BCUT2D eigenvalue weighted by Crippen LogP contribution is -2.08. The van der Waals surface area contributed by atoms with Crippen molar-refractivity contribution >= 4 is 11.8 Å². The van der Waals surface area contributed by atoms with Gasteiger partial charge < -0.3 is 10.1 Å². The second-order valence-corrected chi connectivity index (χ2v) is 4.91. The molecule has 0 aromatic carbocycles. The first-order chi connectivity index (χ1) is 8.54. The third-order valence-electron chi connectivity index (χ3n) is 2.29. The lowest BCUT2D eigenvalue weighted by atomic mass is 10.2. The lowest BCUT2D eigenvalue weighted by molar-refractivity contribution is 0.198. The quantitative estimate of drug-likeness (QED) is 0.824. The van der Waals surface area contributed by atoms with E-state index in [1.165, 1.54) is 17.8 Å². The Kier molecular flexibility index (Phi) is 3.78. The van der Waals surface area contributed by atoms with Crippen molar-refractivity contribution in [3.05, 3.63) is 46.0 Å². The van der Waals surface area contributed by atoms with E-state index in [1.807, 2.05) is 0 Å². The largest absolute Gasteiger partial charge is 0.389 e. The zero-order chi connectivity index (χ0) is 13.1. The van der Waals surface area contributed by atoms with Crippen molar-refractivity contribution < 1.29 is 5.11 Å². The minimum absolute atomic E-state index is 0.175. The molecule has 0 aliphatic rings. The molecule has 0 bridgehead atoms. The molecule has 5 nitrogen and oxygen atoms in total. The number of aliphatic hydroxyl groups excluding tert-OH is 1. The van der Waals surface area contributed by atoms with Crippen LogP contribution in [0.25, 0.3) is 0 Å². The first-order valence-electron chi connectivity index (χ1n) is 5.44. The van der Waals surface area contributed by atoms with Gasteiger partial charge in [-0.15, -0.1) is 0 Å². The molecule has 0 aliphatic carbocycles. The predicted molar refractivity (Wildman–Crippen MR) is 68.6 cm³/mol. The zero-order valence-electron chi connectivity index (χ0n) is 10.0. The van der Waals surface area contributed by atoms with Crippen LogP contribution in [0.3, 0.4) is 0 Å². The summed E-state index contributed by atoms with van der Waals surface area (Å²) in [7, 11) is 0. The number of aliphatic hydroxyl groups is 1. The van der Waals surface area contributed by atoms with Gasteiger partial charge in [0.25, 0.3) is 5.56 Å². The Morgan fingerprint density at radius 2 is 2.22 bits per heavy atom. The highest BCUT2D eigenvalue weighted by Crippen LogP contribution is 2.22. The average molecular weight is 263 g/mol. The summed E-state index contributed by atoms with van der Waals surface area (Å²) in [5.74, 6) is 0. The monoisotopic (exact) mass is 263 g/mol. The van der Waals surface area contributed by atoms with Crippen molar-refractivity contribution in [2.75, 3.05) is 0 Å². The minimum atomic E-state index is -0.534. The molecule has 1 atom stereocenters. The van der Waals surface area contributed by atoms with Gasteiger partial charge >= 0.3 is 0 Å². The van der Waals surface area contributed by atoms with E-state index in [0.717, 1.165) is 5.56 Å². The molecular formula is C12H13N3O2S. The van der Waals surface area contributed by atoms with Gasteiger partial charge in [-0.25, -0.2) is 9.97 Å². The van der Waals surface area contributed by atoms with Crippen LogP contribution >= 0.6 is 11.8 Å². The number of rotatable bonds is 3. The zero-order valence-corrected chi connectivity index (χ0v) is 10.9. The predicted octanol–water partition coefficient (Wildman–Crippen LogP) is 1.68. The minimum Gasteiger partial charge on any atom is -0.389 e. The normalized spacial score (nSPS) is 12.4. The van der Waals surface area contributed by atoms with Crippen molar-refractivity contribution in [3.8, 4) is 0 Å². The third-order valence-corrected chi connectivity index (χ3v) is 3.13. The maximum Gasteiger partial charge on any atom is 0.251 e. The van der Waals surface area contributed by atoms with Gasteiger partial charge in [0.05, 0.1) is 6.10 Å². The van der Waals surface area contributed by atoms with Gasteiger partial charge in [-0.05, 0) is 37.2 Å². The molecular weight excluding hydrogens is 250 g/mol. The Bertz CT molecular complexity index is 593. The third kappa shape index (κ3) is 3.18. The van der Waals surface area contributed by atoms with Gasteiger partial charge in [0.2, 0.25) is 0 Å². The highest BCUT2D eigenvalue weighted by Gasteiger charge is 2.05. The van der Waals surface area contributed by atoms with Crippen LogP contribution in [0, 0.1) is 6.92 Å². The number of nitrogens with one attached hydrogen (secondary N) is 1. The fourth-order valence-corrected chi connectivity index (χ4v) is 2.18. The van der Waals surface area contributed by atoms with Crippen molar-refractivity contribution in [2.45, 2.75) is 30.1 Å². The summed E-state index contributed by atoms with van der Waals surface area (Å²) in [6.45, 7) is 3.45. The molecule has 6 heteroatoms. The second kappa shape index (κ2) is 5.32. The molecule has 0 fully saturated rings. The van der Waals surface area contributed by atoms with Crippen LogP contribution in [0.1, 0.15) is 24.3 Å². The standard InChI is InChI=1S/C12H13N3O2S/c1-7-5-10(17)15-12(14-7)18-11-4-3-9(6-13-11)8(2)16/h3-6,8,16H,1-2H3,(H,14,15,17)/t8-/m0/s1. The number of aromatic nitrogens is 3. The van der Waals surface area contributed by atoms with Crippen molar-refractivity contribution in [2.24, 2.45) is 0 Å². The lowest BCUT2D eigenvalue weighted by Gasteiger charge is -2.05. The Morgan fingerprint density at radius 1 is 1.44 bits per heavy atom. The maximum absolute atomic E-state index is 11.3. The van der Waals surface area contributed by atoms with Gasteiger partial charge in [-0.2, -0.15) is 0 Å². The number of hydrogen-bond acceptors (Lipinski definition) is 5. The number of pyridine rings is 1. The summed E-state index contributed by atoms with van der Waals surface area (Å²) in [6, 6.07) is 5.02. The fraction of sp³-hybridized carbons (Fsp3) is 0.250. The number of nitrogens with zero attached hydrogens (tertiary/aromatic N) is 2. The summed E-state index contributed by atoms with van der Waals surface area (Å²) in [6.07, 6.45) is 1.08. The smallest absolute Gasteiger partial charge is 0.251 e. The summed E-state index contributed by atoms with van der Waals surface area (Å²) < 4.78 is 0. The van der Waals surface area contributed by atoms with E-state index in [9.17, 15) is 9.90 Å². The maximum atomic E-state index is 11.3. The Morgan fingerprint density at radius 3 is 2.78 bits per heavy atom. The van der Waals surface area contributed by atoms with E-state index < -0.39 is 6.10 Å². The Hall–Kier alpha value is -1.66. The summed E-state index contributed by atoms with van der Waals surface area (Å²) in [5.41, 5.74) is 1.25. The van der Waals surface area contributed by atoms with Crippen LogP contribution in [-0.2, 0) is 0 Å². The Balaban J connectivity index is 2.20. The van der Waals surface area contributed by atoms with Crippen molar-refractivity contribution in [3.63, 3.8) is 0 Å². The van der Waals surface area contributed by atoms with Crippen LogP contribution in [0.5, 0.6) is 0 Å². The highest BCUT2D eigenvalue weighted by atomic mass is 32.2. The molecule has 0 saturated heterocycles. The van der Waals surface area contributed by atoms with E-state index in [-0.39, 0.29) is 5.56 Å². The number of H-pyrrole nitrogens is 1. The second-order valence-electron chi connectivity index (χ2n) is 3.90. The summed E-state index contributed by atoms with van der Waals surface area (Å²) in [4.78, 5) is 22.3. The first-order valence-corrected chi connectivity index (χ1v) is 6.26. The molecule has 2 heterocycles. The van der Waals surface area contributed by atoms with E-state index >= 15 is 0 Å². The van der Waals surface area contributed by atoms with Crippen LogP contribution in [0.4, 0.5) is 0 Å². The molecule has 0 amide bonds. The van der Waals surface area contributed by atoms with E-state index in [2.05, 4.69) is 15.0 Å². The highest BCUT2D eigenvalue weighted by molar-refractivity contribution is 7.99. The molecule has 0 saturated carbocycles. The van der Waals surface area contributed by atoms with E-state index in [0.29, 0.717) is 15.9 Å². The van der Waals surface area contributed by atoms with Crippen molar-refractivity contribution in [1.82, 2.24) is 15.0 Å². The molecule has 18 heavy (non-hydrogen) atoms. The molecule has 0 radical (unpaired) electrons. The van der Waals surface area contributed by atoms with Crippen LogP contribution in [0.2, 0.25) is 0 Å². The topological polar surface area (TPSA) is 78.9 Å². The van der Waals surface area contributed by atoms with Gasteiger partial charge in [0.1, 0.15) is 5.03 Å². The number of hydrogen-bond donors (Lipinski definition) is 2. The van der Waals surface area contributed by atoms with Crippen molar-refractivity contribution in [1.29, 1.82) is 0 Å². The molecule has 2 rings (SSSR count). The van der Waals surface area contributed by atoms with Crippen LogP contribution in [0.15, 0.2) is 39.4 Å². The number of aromatic amines is 1. The summed E-state index contributed by atoms with van der Waals surface area (Å²) in [5, 5.41) is 10.6. The molecule has 2 aromatic rings. The molecule has 2 N–H and O–H groups in total. The SMILES string of the molecule is Cc1cc(=O)[nH]c(Sc2ccc([C@H](C)O)cn2)n1. The van der Waals surface area contributed by atoms with E-state index in [4.69, 9.17) is 0 Å². The summed E-state index contributed by atoms with van der Waals surface area (Å²) >= 11 is 1.28. The van der Waals surface area contributed by atoms with Gasteiger partial charge in [-0.1, -0.05) is 6.07 Å². The molecule has 0 aliphatic heterocycles. The number of aryl methyl sites for hydroxylation is 1. The van der Waals surface area contributed by atoms with Crippen LogP contribution in [-0.4, -0.2) is 20.1 Å². The van der Waals surface area contributed by atoms with Crippen LogP contribution < -0.4 is 5.56 Å². The van der Waals surface area contributed by atoms with Gasteiger partial charge in [0.15, 0.2) is 5.16 Å². The Labute approximate surface area is 108 Å². The van der Waals surface area contributed by atoms with Gasteiger partial charge in [-0.3, -0.25) is 4.79 Å². The average Bonchev–Trinajstić information content (AvgIpc) is 2.28. The molecule has 0 spiro atoms. The van der Waals surface area contributed by atoms with E-state index in [1.54, 1.807) is 32.2 Å².